The van der Waals surface area contributed by atoms with E-state index in [-0.39, 0.29) is 5.78 Å². The zero-order chi connectivity index (χ0) is 15.0. The van der Waals surface area contributed by atoms with E-state index in [2.05, 4.69) is 45.6 Å². The largest absolute Gasteiger partial charge is 0.347 e. The molecule has 0 atom stereocenters. The van der Waals surface area contributed by atoms with Crippen LogP contribution in [0.5, 0.6) is 0 Å². The van der Waals surface area contributed by atoms with Crippen LogP contribution in [0.25, 0.3) is 0 Å². The van der Waals surface area contributed by atoms with E-state index < -0.39 is 0 Å². The van der Waals surface area contributed by atoms with E-state index in [0.29, 0.717) is 6.42 Å². The van der Waals surface area contributed by atoms with Gasteiger partial charge < -0.3 is 4.57 Å². The van der Waals surface area contributed by atoms with Crippen molar-refractivity contribution in [1.29, 1.82) is 0 Å². The Kier molecular flexibility index (Phi) is 4.02. The standard InChI is InChI=1S/C16H20BrN3O/c1-3-13-16(17)14(20(4-2)18-13)10-19-8-11-6-5-7-15(21)12(11)9-19/h8-9H,3-7,10H2,1-2H3. The summed E-state index contributed by atoms with van der Waals surface area (Å²) in [5, 5.41) is 4.63. The fourth-order valence-corrected chi connectivity index (χ4v) is 3.70. The molecule has 1 aliphatic carbocycles. The number of ketones is 1. The molecular formula is C16H20BrN3O. The molecule has 0 aromatic carbocycles. The lowest BCUT2D eigenvalue weighted by Crippen LogP contribution is -2.08. The Balaban J connectivity index is 1.94. The summed E-state index contributed by atoms with van der Waals surface area (Å²) in [6.45, 7) is 5.83. The highest BCUT2D eigenvalue weighted by molar-refractivity contribution is 9.10. The SMILES string of the molecule is CCc1nn(CC)c(Cn2cc3c(c2)C(=O)CCC3)c1Br. The smallest absolute Gasteiger partial charge is 0.164 e. The van der Waals surface area contributed by atoms with Gasteiger partial charge in [-0.2, -0.15) is 5.10 Å². The molecule has 0 fully saturated rings. The molecular weight excluding hydrogens is 330 g/mol. The third kappa shape index (κ3) is 2.59. The summed E-state index contributed by atoms with van der Waals surface area (Å²) in [6.07, 6.45) is 7.73. The number of nitrogens with zero attached hydrogens (tertiary/aromatic N) is 3. The van der Waals surface area contributed by atoms with Crippen LogP contribution < -0.4 is 0 Å². The van der Waals surface area contributed by atoms with E-state index >= 15 is 0 Å². The summed E-state index contributed by atoms with van der Waals surface area (Å²) < 4.78 is 5.27. The van der Waals surface area contributed by atoms with Crippen LogP contribution >= 0.6 is 15.9 Å². The monoisotopic (exact) mass is 349 g/mol. The molecule has 5 heteroatoms. The van der Waals surface area contributed by atoms with Crippen molar-refractivity contribution < 1.29 is 4.79 Å². The maximum Gasteiger partial charge on any atom is 0.164 e. The average Bonchev–Trinajstić information content (AvgIpc) is 3.02. The molecule has 0 N–H and O–H groups in total. The fourth-order valence-electron chi connectivity index (χ4n) is 3.01. The molecule has 0 saturated carbocycles. The molecule has 3 rings (SSSR count). The summed E-state index contributed by atoms with van der Waals surface area (Å²) in [5.41, 5.74) is 4.38. The number of aromatic nitrogens is 3. The number of halogens is 1. The Bertz CT molecular complexity index is 684. The lowest BCUT2D eigenvalue weighted by molar-refractivity contribution is 0.0973. The second-order valence-corrected chi connectivity index (χ2v) is 6.32. The van der Waals surface area contributed by atoms with Gasteiger partial charge in [0.25, 0.3) is 0 Å². The average molecular weight is 350 g/mol. The van der Waals surface area contributed by atoms with E-state index in [1.54, 1.807) is 0 Å². The van der Waals surface area contributed by atoms with Gasteiger partial charge in [0.15, 0.2) is 5.78 Å². The topological polar surface area (TPSA) is 39.8 Å². The van der Waals surface area contributed by atoms with Crippen LogP contribution in [-0.4, -0.2) is 20.1 Å². The molecule has 0 spiro atoms. The summed E-state index contributed by atoms with van der Waals surface area (Å²) in [7, 11) is 0. The van der Waals surface area contributed by atoms with Gasteiger partial charge in [0.1, 0.15) is 0 Å². The van der Waals surface area contributed by atoms with Crippen LogP contribution in [0.4, 0.5) is 0 Å². The van der Waals surface area contributed by atoms with Crippen molar-refractivity contribution in [2.45, 2.75) is 52.6 Å². The van der Waals surface area contributed by atoms with Crippen molar-refractivity contribution >= 4 is 21.7 Å². The Morgan fingerprint density at radius 3 is 2.76 bits per heavy atom. The Morgan fingerprint density at radius 2 is 2.10 bits per heavy atom. The van der Waals surface area contributed by atoms with Gasteiger partial charge in [0.2, 0.25) is 0 Å². The molecule has 0 unspecified atom stereocenters. The van der Waals surface area contributed by atoms with Gasteiger partial charge in [0.05, 0.1) is 22.4 Å². The van der Waals surface area contributed by atoms with Crippen LogP contribution in [0.3, 0.4) is 0 Å². The van der Waals surface area contributed by atoms with Crippen molar-refractivity contribution in [1.82, 2.24) is 14.3 Å². The van der Waals surface area contributed by atoms with Crippen LogP contribution in [-0.2, 0) is 25.9 Å². The van der Waals surface area contributed by atoms with Crippen molar-refractivity contribution in [3.8, 4) is 0 Å². The first-order valence-corrected chi connectivity index (χ1v) is 8.39. The third-order valence-corrected chi connectivity index (χ3v) is 5.05. The molecule has 0 saturated heterocycles. The number of hydrogen-bond acceptors (Lipinski definition) is 2. The highest BCUT2D eigenvalue weighted by Gasteiger charge is 2.20. The van der Waals surface area contributed by atoms with Crippen molar-refractivity contribution in [3.63, 3.8) is 0 Å². The van der Waals surface area contributed by atoms with Crippen LogP contribution in [0.1, 0.15) is 54.0 Å². The first-order valence-electron chi connectivity index (χ1n) is 7.59. The van der Waals surface area contributed by atoms with Gasteiger partial charge in [-0.05, 0) is 47.7 Å². The van der Waals surface area contributed by atoms with Gasteiger partial charge in [-0.1, -0.05) is 6.92 Å². The first kappa shape index (κ1) is 14.6. The minimum atomic E-state index is 0.285. The Labute approximate surface area is 133 Å². The fraction of sp³-hybridized carbons (Fsp3) is 0.500. The maximum absolute atomic E-state index is 12.0. The Morgan fingerprint density at radius 1 is 1.29 bits per heavy atom. The predicted molar refractivity (Wildman–Crippen MR) is 85.8 cm³/mol. The minimum Gasteiger partial charge on any atom is -0.347 e. The zero-order valence-corrected chi connectivity index (χ0v) is 14.1. The maximum atomic E-state index is 12.0. The molecule has 0 bridgehead atoms. The Hall–Kier alpha value is -1.36. The van der Waals surface area contributed by atoms with E-state index in [9.17, 15) is 4.79 Å². The summed E-state index contributed by atoms with van der Waals surface area (Å²) in [5.74, 6) is 0.285. The molecule has 4 nitrogen and oxygen atoms in total. The van der Waals surface area contributed by atoms with Crippen LogP contribution in [0, 0.1) is 0 Å². The second kappa shape index (κ2) is 5.79. The number of hydrogen-bond donors (Lipinski definition) is 0. The van der Waals surface area contributed by atoms with Crippen molar-refractivity contribution in [3.05, 3.63) is 39.4 Å². The van der Waals surface area contributed by atoms with Gasteiger partial charge in [-0.25, -0.2) is 0 Å². The van der Waals surface area contributed by atoms with Gasteiger partial charge in [-0.3, -0.25) is 9.48 Å². The van der Waals surface area contributed by atoms with Crippen LogP contribution in [0.2, 0.25) is 0 Å². The quantitative estimate of drug-likeness (QED) is 0.845. The van der Waals surface area contributed by atoms with E-state index in [4.69, 9.17) is 0 Å². The highest BCUT2D eigenvalue weighted by Crippen LogP contribution is 2.26. The lowest BCUT2D eigenvalue weighted by Gasteiger charge is -2.07. The van der Waals surface area contributed by atoms with E-state index in [1.807, 2.05) is 10.9 Å². The summed E-state index contributed by atoms with van der Waals surface area (Å²) in [4.78, 5) is 12.0. The number of carbonyl (C=O) groups excluding carboxylic acids is 1. The molecule has 1 aliphatic rings. The molecule has 2 heterocycles. The second-order valence-electron chi connectivity index (χ2n) is 5.52. The molecule has 112 valence electrons. The lowest BCUT2D eigenvalue weighted by atomic mass is 9.95. The van der Waals surface area contributed by atoms with Crippen LogP contribution in [0.15, 0.2) is 16.9 Å². The summed E-state index contributed by atoms with van der Waals surface area (Å²) >= 11 is 3.68. The molecule has 0 amide bonds. The van der Waals surface area contributed by atoms with Gasteiger partial charge >= 0.3 is 0 Å². The number of aryl methyl sites for hydroxylation is 3. The van der Waals surface area contributed by atoms with E-state index in [1.165, 1.54) is 11.3 Å². The highest BCUT2D eigenvalue weighted by atomic mass is 79.9. The van der Waals surface area contributed by atoms with Gasteiger partial charge in [-0.15, -0.1) is 0 Å². The minimum absolute atomic E-state index is 0.285. The summed E-state index contributed by atoms with van der Waals surface area (Å²) in [6, 6.07) is 0. The zero-order valence-electron chi connectivity index (χ0n) is 12.5. The number of carbonyl (C=O) groups is 1. The normalized spacial score (nSPS) is 14.5. The number of Topliss-reactive ketones (excluding diaryl/α,β-unsaturated/α-hetero) is 1. The molecule has 2 aromatic heterocycles. The molecule has 0 radical (unpaired) electrons. The number of fused-ring (bicyclic) bond motifs is 1. The third-order valence-electron chi connectivity index (χ3n) is 4.14. The van der Waals surface area contributed by atoms with Crippen molar-refractivity contribution in [2.75, 3.05) is 0 Å². The first-order chi connectivity index (χ1) is 10.1. The predicted octanol–water partition coefficient (Wildman–Crippen LogP) is 3.60. The molecule has 2 aromatic rings. The molecule has 21 heavy (non-hydrogen) atoms. The number of rotatable bonds is 4. The van der Waals surface area contributed by atoms with Crippen molar-refractivity contribution in [2.24, 2.45) is 0 Å². The molecule has 0 aliphatic heterocycles. The van der Waals surface area contributed by atoms with E-state index in [0.717, 1.165) is 48.1 Å². The van der Waals surface area contributed by atoms with Gasteiger partial charge in [0, 0.05) is 30.9 Å².